The van der Waals surface area contributed by atoms with Crippen LogP contribution in [0.25, 0.3) is 0 Å². The Hall–Kier alpha value is -2.36. The van der Waals surface area contributed by atoms with Gasteiger partial charge < -0.3 is 10.1 Å². The third-order valence-corrected chi connectivity index (χ3v) is 3.16. The predicted octanol–water partition coefficient (Wildman–Crippen LogP) is 2.89. The molecule has 1 aromatic carbocycles. The van der Waals surface area contributed by atoms with Crippen molar-refractivity contribution in [1.82, 2.24) is 10.3 Å². The van der Waals surface area contributed by atoms with Gasteiger partial charge in [0.25, 0.3) is 5.91 Å². The minimum absolute atomic E-state index is 0.108. The van der Waals surface area contributed by atoms with E-state index >= 15 is 0 Å². The minimum atomic E-state index is -0.134. The molecule has 1 atom stereocenters. The molecule has 1 heterocycles. The zero-order valence-electron chi connectivity index (χ0n) is 11.9. The second-order valence-corrected chi connectivity index (χ2v) is 4.63. The van der Waals surface area contributed by atoms with Crippen molar-refractivity contribution in [3.8, 4) is 5.75 Å². The Morgan fingerprint density at radius 1 is 1.30 bits per heavy atom. The number of nitrogens with zero attached hydrogens (tertiary/aromatic N) is 1. The highest BCUT2D eigenvalue weighted by Gasteiger charge is 2.14. The van der Waals surface area contributed by atoms with Crippen LogP contribution >= 0.6 is 0 Å². The van der Waals surface area contributed by atoms with Crippen LogP contribution in [0.5, 0.6) is 5.75 Å². The first-order valence-electron chi connectivity index (χ1n) is 6.48. The highest BCUT2D eigenvalue weighted by molar-refractivity contribution is 5.96. The van der Waals surface area contributed by atoms with Crippen molar-refractivity contribution in [2.45, 2.75) is 19.9 Å². The van der Waals surface area contributed by atoms with Crippen LogP contribution < -0.4 is 10.1 Å². The van der Waals surface area contributed by atoms with Gasteiger partial charge in [-0.2, -0.15) is 0 Å². The number of methoxy groups -OCH3 is 1. The van der Waals surface area contributed by atoms with E-state index < -0.39 is 0 Å². The molecule has 0 aliphatic heterocycles. The zero-order valence-corrected chi connectivity index (χ0v) is 11.9. The lowest BCUT2D eigenvalue weighted by atomic mass is 10.1. The molecular formula is C16H18N2O2. The summed E-state index contributed by atoms with van der Waals surface area (Å²) in [6, 6.07) is 10.9. The largest absolute Gasteiger partial charge is 0.497 e. The first kappa shape index (κ1) is 14.1. The van der Waals surface area contributed by atoms with E-state index in [9.17, 15) is 4.79 Å². The van der Waals surface area contributed by atoms with E-state index in [2.05, 4.69) is 10.3 Å². The molecule has 0 aliphatic carbocycles. The summed E-state index contributed by atoms with van der Waals surface area (Å²) in [5, 5.41) is 2.95. The van der Waals surface area contributed by atoms with E-state index in [0.29, 0.717) is 5.56 Å². The number of ether oxygens (including phenoxy) is 1. The van der Waals surface area contributed by atoms with Crippen LogP contribution in [-0.2, 0) is 0 Å². The smallest absolute Gasteiger partial charge is 0.252 e. The monoisotopic (exact) mass is 270 g/mol. The minimum Gasteiger partial charge on any atom is -0.497 e. The van der Waals surface area contributed by atoms with Crippen molar-refractivity contribution in [1.29, 1.82) is 0 Å². The predicted molar refractivity (Wildman–Crippen MR) is 77.8 cm³/mol. The molecule has 0 radical (unpaired) electrons. The number of nitrogens with one attached hydrogen (secondary N) is 1. The van der Waals surface area contributed by atoms with Gasteiger partial charge in [0.2, 0.25) is 0 Å². The third kappa shape index (κ3) is 3.15. The number of amides is 1. The Morgan fingerprint density at radius 3 is 2.70 bits per heavy atom. The van der Waals surface area contributed by atoms with Crippen molar-refractivity contribution in [3.05, 3.63) is 59.4 Å². The Balaban J connectivity index is 2.12. The molecule has 1 amide bonds. The molecule has 0 fully saturated rings. The fourth-order valence-electron chi connectivity index (χ4n) is 2.00. The van der Waals surface area contributed by atoms with Gasteiger partial charge in [0.15, 0.2) is 0 Å². The fraction of sp³-hybridized carbons (Fsp3) is 0.250. The van der Waals surface area contributed by atoms with Crippen LogP contribution in [-0.4, -0.2) is 18.0 Å². The van der Waals surface area contributed by atoms with E-state index in [1.165, 1.54) is 0 Å². The number of hydrogen-bond acceptors (Lipinski definition) is 3. The van der Waals surface area contributed by atoms with Gasteiger partial charge in [-0.05, 0) is 49.7 Å². The number of hydrogen-bond donors (Lipinski definition) is 1. The van der Waals surface area contributed by atoms with E-state index in [1.54, 1.807) is 25.4 Å². The Bertz CT molecular complexity index is 597. The molecule has 1 aromatic heterocycles. The number of carbonyl (C=O) groups is 1. The lowest BCUT2D eigenvalue weighted by molar-refractivity contribution is 0.0938. The average Bonchev–Trinajstić information content (AvgIpc) is 2.47. The second-order valence-electron chi connectivity index (χ2n) is 4.63. The molecule has 0 saturated heterocycles. The van der Waals surface area contributed by atoms with Gasteiger partial charge in [-0.1, -0.05) is 6.07 Å². The molecule has 4 heteroatoms. The molecule has 2 rings (SSSR count). The summed E-state index contributed by atoms with van der Waals surface area (Å²) in [4.78, 5) is 16.5. The highest BCUT2D eigenvalue weighted by Crippen LogP contribution is 2.18. The maximum Gasteiger partial charge on any atom is 0.252 e. The maximum atomic E-state index is 12.3. The van der Waals surface area contributed by atoms with Crippen LogP contribution in [0.15, 0.2) is 42.6 Å². The van der Waals surface area contributed by atoms with Crippen molar-refractivity contribution in [2.75, 3.05) is 7.11 Å². The van der Waals surface area contributed by atoms with Crippen molar-refractivity contribution in [2.24, 2.45) is 0 Å². The maximum absolute atomic E-state index is 12.3. The number of rotatable bonds is 4. The number of carbonyl (C=O) groups excluding carboxylic acids is 1. The van der Waals surface area contributed by atoms with Crippen LogP contribution in [0.1, 0.15) is 34.6 Å². The van der Waals surface area contributed by atoms with Crippen LogP contribution in [0.2, 0.25) is 0 Å². The summed E-state index contributed by atoms with van der Waals surface area (Å²) in [5.74, 6) is 0.639. The molecule has 104 valence electrons. The van der Waals surface area contributed by atoms with Crippen molar-refractivity contribution < 1.29 is 9.53 Å². The number of aromatic nitrogens is 1. The Morgan fingerprint density at radius 2 is 2.10 bits per heavy atom. The van der Waals surface area contributed by atoms with Crippen LogP contribution in [0.4, 0.5) is 0 Å². The van der Waals surface area contributed by atoms with Gasteiger partial charge in [-0.3, -0.25) is 9.78 Å². The van der Waals surface area contributed by atoms with Crippen molar-refractivity contribution in [3.63, 3.8) is 0 Å². The lowest BCUT2D eigenvalue weighted by Gasteiger charge is -2.14. The van der Waals surface area contributed by atoms with E-state index in [-0.39, 0.29) is 11.9 Å². The molecule has 0 bridgehead atoms. The normalized spacial score (nSPS) is 11.8. The summed E-state index contributed by atoms with van der Waals surface area (Å²) in [6.45, 7) is 3.81. The molecule has 2 aromatic rings. The molecule has 0 saturated carbocycles. The fourth-order valence-corrected chi connectivity index (χ4v) is 2.00. The van der Waals surface area contributed by atoms with Crippen LogP contribution in [0, 0.1) is 6.92 Å². The summed E-state index contributed by atoms with van der Waals surface area (Å²) in [6.07, 6.45) is 1.72. The second kappa shape index (κ2) is 6.19. The first-order chi connectivity index (χ1) is 9.61. The average molecular weight is 270 g/mol. The van der Waals surface area contributed by atoms with Gasteiger partial charge in [0.1, 0.15) is 5.75 Å². The number of benzene rings is 1. The molecule has 0 spiro atoms. The highest BCUT2D eigenvalue weighted by atomic mass is 16.5. The molecule has 1 unspecified atom stereocenters. The van der Waals surface area contributed by atoms with E-state index in [4.69, 9.17) is 4.74 Å². The Labute approximate surface area is 118 Å². The molecule has 20 heavy (non-hydrogen) atoms. The van der Waals surface area contributed by atoms with Gasteiger partial charge in [0, 0.05) is 11.8 Å². The van der Waals surface area contributed by atoms with Gasteiger partial charge >= 0.3 is 0 Å². The quantitative estimate of drug-likeness (QED) is 0.929. The third-order valence-electron chi connectivity index (χ3n) is 3.16. The standard InChI is InChI=1S/C16H18N2O2/c1-11-10-13(20-3)7-8-14(11)16(19)18-12(2)15-6-4-5-9-17-15/h4-10,12H,1-3H3,(H,18,19). The molecule has 0 aliphatic rings. The number of pyridine rings is 1. The molecule has 1 N–H and O–H groups in total. The summed E-state index contributed by atoms with van der Waals surface area (Å²) in [7, 11) is 1.61. The molecular weight excluding hydrogens is 252 g/mol. The SMILES string of the molecule is COc1ccc(C(=O)NC(C)c2ccccn2)c(C)c1. The van der Waals surface area contributed by atoms with Gasteiger partial charge in [0.05, 0.1) is 18.8 Å². The summed E-state index contributed by atoms with van der Waals surface area (Å²) < 4.78 is 5.14. The topological polar surface area (TPSA) is 51.2 Å². The van der Waals surface area contributed by atoms with Crippen molar-refractivity contribution >= 4 is 5.91 Å². The molecule has 4 nitrogen and oxygen atoms in total. The summed E-state index contributed by atoms with van der Waals surface area (Å²) in [5.41, 5.74) is 2.37. The lowest BCUT2D eigenvalue weighted by Crippen LogP contribution is -2.27. The Kier molecular flexibility index (Phi) is 4.35. The zero-order chi connectivity index (χ0) is 14.5. The van der Waals surface area contributed by atoms with E-state index in [1.807, 2.05) is 38.1 Å². The van der Waals surface area contributed by atoms with E-state index in [0.717, 1.165) is 17.0 Å². The van der Waals surface area contributed by atoms with Crippen LogP contribution in [0.3, 0.4) is 0 Å². The first-order valence-corrected chi connectivity index (χ1v) is 6.48. The van der Waals surface area contributed by atoms with Gasteiger partial charge in [-0.15, -0.1) is 0 Å². The number of aryl methyl sites for hydroxylation is 1. The summed E-state index contributed by atoms with van der Waals surface area (Å²) >= 11 is 0. The van der Waals surface area contributed by atoms with Gasteiger partial charge in [-0.25, -0.2) is 0 Å².